The Morgan fingerprint density at radius 2 is 1.94 bits per heavy atom. The van der Waals surface area contributed by atoms with Gasteiger partial charge in [0.05, 0.1) is 0 Å². The zero-order valence-electron chi connectivity index (χ0n) is 17.5. The molecule has 1 aliphatic rings. The van der Waals surface area contributed by atoms with Crippen LogP contribution in [0.25, 0.3) is 11.4 Å². The van der Waals surface area contributed by atoms with Gasteiger partial charge in [-0.05, 0) is 48.9 Å². The molecule has 0 spiro atoms. The van der Waals surface area contributed by atoms with E-state index in [0.717, 1.165) is 11.1 Å². The molecular weight excluding hydrogens is 418 g/mol. The summed E-state index contributed by atoms with van der Waals surface area (Å²) in [6, 6.07) is 12.4. The van der Waals surface area contributed by atoms with Crippen LogP contribution in [0, 0.1) is 0 Å². The number of para-hydroxylation sites is 1. The molecule has 9 heteroatoms. The van der Waals surface area contributed by atoms with Crippen LogP contribution >= 0.6 is 11.6 Å². The number of ether oxygens (including phenoxy) is 2. The van der Waals surface area contributed by atoms with Gasteiger partial charge in [-0.25, -0.2) is 0 Å². The number of carbonyl (C=O) groups excluding carboxylic acids is 1. The highest BCUT2D eigenvalue weighted by Crippen LogP contribution is 2.34. The van der Waals surface area contributed by atoms with Crippen molar-refractivity contribution in [3.8, 4) is 22.9 Å². The Bertz CT molecular complexity index is 1050. The Kier molecular flexibility index (Phi) is 6.36. The second-order valence-electron chi connectivity index (χ2n) is 7.16. The molecule has 0 radical (unpaired) electrons. The Hall–Kier alpha value is -3.13. The number of fused-ring (bicyclic) bond motifs is 1. The van der Waals surface area contributed by atoms with E-state index >= 15 is 0 Å². The number of aromatic nitrogens is 4. The number of nitrogens with zero attached hydrogens (tertiary/aromatic N) is 5. The normalized spacial score (nSPS) is 13.6. The number of likely N-dealkylation sites (N-methyl/N-ethyl adjacent to an activating group) is 1. The third kappa shape index (κ3) is 4.49. The van der Waals surface area contributed by atoms with Gasteiger partial charge in [-0.3, -0.25) is 4.79 Å². The lowest BCUT2D eigenvalue weighted by atomic mass is 10.1. The van der Waals surface area contributed by atoms with Crippen LogP contribution in [0.15, 0.2) is 42.5 Å². The lowest BCUT2D eigenvalue weighted by Gasteiger charge is -2.27. The highest BCUT2D eigenvalue weighted by Gasteiger charge is 2.28. The summed E-state index contributed by atoms with van der Waals surface area (Å²) in [5, 5.41) is 13.4. The first-order valence-corrected chi connectivity index (χ1v) is 10.7. The molecule has 0 bridgehead atoms. The molecule has 8 nitrogen and oxygen atoms in total. The van der Waals surface area contributed by atoms with Crippen LogP contribution in [-0.4, -0.2) is 50.8 Å². The summed E-state index contributed by atoms with van der Waals surface area (Å²) in [7, 11) is 0. The second-order valence-corrected chi connectivity index (χ2v) is 7.59. The van der Waals surface area contributed by atoms with Gasteiger partial charge >= 0.3 is 0 Å². The van der Waals surface area contributed by atoms with Crippen molar-refractivity contribution in [2.75, 3.05) is 19.8 Å². The number of halogens is 1. The minimum atomic E-state index is -0.551. The first-order chi connectivity index (χ1) is 15.1. The van der Waals surface area contributed by atoms with Crippen molar-refractivity contribution < 1.29 is 14.3 Å². The van der Waals surface area contributed by atoms with Crippen molar-refractivity contribution in [1.82, 2.24) is 25.1 Å². The minimum Gasteiger partial charge on any atom is -0.486 e. The molecule has 1 unspecified atom stereocenters. The smallest absolute Gasteiger partial charge is 0.249 e. The number of rotatable bonds is 7. The molecule has 162 valence electrons. The molecule has 3 aromatic rings. The van der Waals surface area contributed by atoms with Crippen LogP contribution in [0.5, 0.6) is 11.5 Å². The fraction of sp³-hybridized carbons (Fsp3) is 0.364. The largest absolute Gasteiger partial charge is 0.486 e. The quantitative estimate of drug-likeness (QED) is 0.555. The van der Waals surface area contributed by atoms with Crippen molar-refractivity contribution in [1.29, 1.82) is 0 Å². The predicted octanol–water partition coefficient (Wildman–Crippen LogP) is 3.76. The molecule has 1 atom stereocenters. The summed E-state index contributed by atoms with van der Waals surface area (Å²) in [6.45, 7) is 5.86. The molecule has 31 heavy (non-hydrogen) atoms. The molecule has 0 aliphatic carbocycles. The Balaban J connectivity index is 1.54. The lowest BCUT2D eigenvalue weighted by Crippen LogP contribution is -2.37. The molecule has 2 aromatic carbocycles. The average Bonchev–Trinajstić information content (AvgIpc) is 3.28. The third-order valence-electron chi connectivity index (χ3n) is 5.18. The second kappa shape index (κ2) is 9.34. The first-order valence-electron chi connectivity index (χ1n) is 10.3. The van der Waals surface area contributed by atoms with E-state index in [1.165, 1.54) is 4.80 Å². The maximum Gasteiger partial charge on any atom is 0.249 e. The molecule has 2 heterocycles. The monoisotopic (exact) mass is 441 g/mol. The number of hydrogen-bond donors (Lipinski definition) is 0. The Morgan fingerprint density at radius 3 is 2.68 bits per heavy atom. The number of amides is 1. The van der Waals surface area contributed by atoms with Gasteiger partial charge in [0.2, 0.25) is 11.7 Å². The van der Waals surface area contributed by atoms with Gasteiger partial charge in [-0.15, -0.1) is 10.2 Å². The molecule has 1 aromatic heterocycles. The van der Waals surface area contributed by atoms with E-state index in [4.69, 9.17) is 21.1 Å². The molecule has 0 saturated carbocycles. The van der Waals surface area contributed by atoms with E-state index in [1.54, 1.807) is 17.0 Å². The van der Waals surface area contributed by atoms with Crippen molar-refractivity contribution >= 4 is 17.5 Å². The van der Waals surface area contributed by atoms with Crippen molar-refractivity contribution in [3.05, 3.63) is 53.1 Å². The minimum absolute atomic E-state index is 0.0700. The fourth-order valence-corrected chi connectivity index (χ4v) is 3.65. The summed E-state index contributed by atoms with van der Waals surface area (Å²) in [5.41, 5.74) is 1.70. The number of benzene rings is 2. The molecule has 1 aliphatic heterocycles. The standard InChI is InChI=1S/C22H24ClN5O3/c1-3-18(28-25-21(24-26-28)15-8-10-17(23)11-9-15)22(29)27(4-2)14-16-6-5-7-19-20(16)31-13-12-30-19/h5-11,18H,3-4,12-14H2,1-2H3. The van der Waals surface area contributed by atoms with Gasteiger partial charge in [0.1, 0.15) is 13.2 Å². The molecule has 0 N–H and O–H groups in total. The van der Waals surface area contributed by atoms with Crippen LogP contribution in [0.3, 0.4) is 0 Å². The maximum atomic E-state index is 13.4. The van der Waals surface area contributed by atoms with Crippen LogP contribution in [-0.2, 0) is 11.3 Å². The Labute approximate surface area is 185 Å². The van der Waals surface area contributed by atoms with Gasteiger partial charge in [0.25, 0.3) is 0 Å². The molecule has 1 amide bonds. The van der Waals surface area contributed by atoms with E-state index < -0.39 is 6.04 Å². The summed E-state index contributed by atoms with van der Waals surface area (Å²) in [6.07, 6.45) is 0.540. The molecule has 0 fully saturated rings. The van der Waals surface area contributed by atoms with Crippen molar-refractivity contribution in [3.63, 3.8) is 0 Å². The number of hydrogen-bond acceptors (Lipinski definition) is 6. The molecule has 4 rings (SSSR count). The highest BCUT2D eigenvalue weighted by atomic mass is 35.5. The number of carbonyl (C=O) groups is 1. The summed E-state index contributed by atoms with van der Waals surface area (Å²) >= 11 is 5.95. The molecular formula is C22H24ClN5O3. The fourth-order valence-electron chi connectivity index (χ4n) is 3.53. The zero-order valence-corrected chi connectivity index (χ0v) is 18.2. The zero-order chi connectivity index (χ0) is 21.8. The summed E-state index contributed by atoms with van der Waals surface area (Å²) < 4.78 is 11.5. The lowest BCUT2D eigenvalue weighted by molar-refractivity contribution is -0.136. The van der Waals surface area contributed by atoms with Gasteiger partial charge < -0.3 is 14.4 Å². The van der Waals surface area contributed by atoms with Crippen LogP contribution in [0.2, 0.25) is 5.02 Å². The van der Waals surface area contributed by atoms with Gasteiger partial charge in [0, 0.05) is 29.2 Å². The Morgan fingerprint density at radius 1 is 1.16 bits per heavy atom. The third-order valence-corrected chi connectivity index (χ3v) is 5.44. The molecule has 0 saturated heterocycles. The van der Waals surface area contributed by atoms with Crippen molar-refractivity contribution in [2.45, 2.75) is 32.9 Å². The first kappa shape index (κ1) is 21.1. The van der Waals surface area contributed by atoms with E-state index in [2.05, 4.69) is 15.4 Å². The van der Waals surface area contributed by atoms with E-state index in [1.807, 2.05) is 44.2 Å². The van der Waals surface area contributed by atoms with Crippen molar-refractivity contribution in [2.24, 2.45) is 0 Å². The maximum absolute atomic E-state index is 13.4. The topological polar surface area (TPSA) is 82.4 Å². The summed E-state index contributed by atoms with van der Waals surface area (Å²) in [5.74, 6) is 1.80. The number of tetrazole rings is 1. The van der Waals surface area contributed by atoms with E-state index in [-0.39, 0.29) is 5.91 Å². The van der Waals surface area contributed by atoms with Crippen LogP contribution < -0.4 is 9.47 Å². The highest BCUT2D eigenvalue weighted by molar-refractivity contribution is 6.30. The van der Waals surface area contributed by atoms with Crippen LogP contribution in [0.1, 0.15) is 31.9 Å². The van der Waals surface area contributed by atoms with E-state index in [9.17, 15) is 4.79 Å². The average molecular weight is 442 g/mol. The van der Waals surface area contributed by atoms with Gasteiger partial charge in [0.15, 0.2) is 17.5 Å². The van der Waals surface area contributed by atoms with Crippen LogP contribution in [0.4, 0.5) is 0 Å². The SMILES string of the molecule is CCC(C(=O)N(CC)Cc1cccc2c1OCCO2)n1nnc(-c2ccc(Cl)cc2)n1. The van der Waals surface area contributed by atoms with Gasteiger partial charge in [-0.1, -0.05) is 30.7 Å². The predicted molar refractivity (Wildman–Crippen MR) is 116 cm³/mol. The summed E-state index contributed by atoms with van der Waals surface area (Å²) in [4.78, 5) is 16.5. The van der Waals surface area contributed by atoms with E-state index in [0.29, 0.717) is 55.1 Å². The van der Waals surface area contributed by atoms with Gasteiger partial charge in [-0.2, -0.15) is 4.80 Å².